The summed E-state index contributed by atoms with van der Waals surface area (Å²) in [6, 6.07) is 10.2. The van der Waals surface area contributed by atoms with Crippen LogP contribution in [0.5, 0.6) is 0 Å². The van der Waals surface area contributed by atoms with Gasteiger partial charge < -0.3 is 18.8 Å². The molecule has 4 aromatic heterocycles. The molecule has 0 N–H and O–H groups in total. The van der Waals surface area contributed by atoms with Gasteiger partial charge >= 0.3 is 0 Å². The Bertz CT molecular complexity index is 1300. The van der Waals surface area contributed by atoms with Crippen LogP contribution in [0, 0.1) is 6.92 Å². The van der Waals surface area contributed by atoms with Crippen molar-refractivity contribution in [1.82, 2.24) is 24.1 Å². The average molecular weight is 431 g/mol. The molecule has 0 aromatic carbocycles. The van der Waals surface area contributed by atoms with Gasteiger partial charge in [-0.2, -0.15) is 0 Å². The number of imidazole rings is 1. The number of ether oxygens (including phenoxy) is 1. The van der Waals surface area contributed by atoms with E-state index in [0.717, 1.165) is 40.5 Å². The fraction of sp³-hybridized carbons (Fsp3) is 0.333. The molecule has 1 unspecified atom stereocenters. The summed E-state index contributed by atoms with van der Waals surface area (Å²) in [5.74, 6) is 1.71. The highest BCUT2D eigenvalue weighted by molar-refractivity contribution is 5.82. The van der Waals surface area contributed by atoms with E-state index in [1.165, 1.54) is 0 Å². The standard InChI is InChI=1S/C24H26N6O2/c1-16-10-18(13-28(3)24(16)31)23-27-20-12-26-22(29-8-9-32-15-17(29)2)11-21(20)30(23)14-19-6-4-5-7-25-19/h4-7,10-13,17H,8-9,14-15H2,1-3H3. The minimum atomic E-state index is -0.00797. The van der Waals surface area contributed by atoms with Crippen molar-refractivity contribution in [2.75, 3.05) is 24.7 Å². The molecule has 164 valence electrons. The maximum Gasteiger partial charge on any atom is 0.253 e. The summed E-state index contributed by atoms with van der Waals surface area (Å²) in [5.41, 5.74) is 4.30. The van der Waals surface area contributed by atoms with Crippen molar-refractivity contribution in [3.63, 3.8) is 0 Å². The molecule has 5 heterocycles. The van der Waals surface area contributed by atoms with Gasteiger partial charge in [0.25, 0.3) is 5.56 Å². The van der Waals surface area contributed by atoms with Crippen LogP contribution in [0.1, 0.15) is 18.2 Å². The van der Waals surface area contributed by atoms with E-state index in [4.69, 9.17) is 14.7 Å². The second kappa shape index (κ2) is 8.20. The quantitative estimate of drug-likeness (QED) is 0.495. The second-order valence-corrected chi connectivity index (χ2v) is 8.32. The molecule has 0 saturated carbocycles. The third-order valence-electron chi connectivity index (χ3n) is 5.95. The minimum absolute atomic E-state index is 0.00797. The highest BCUT2D eigenvalue weighted by Crippen LogP contribution is 2.28. The third kappa shape index (κ3) is 3.67. The molecule has 1 fully saturated rings. The molecule has 0 bridgehead atoms. The van der Waals surface area contributed by atoms with Crippen molar-refractivity contribution in [2.24, 2.45) is 7.05 Å². The number of aryl methyl sites for hydroxylation is 2. The van der Waals surface area contributed by atoms with Crippen molar-refractivity contribution in [3.05, 3.63) is 70.5 Å². The summed E-state index contributed by atoms with van der Waals surface area (Å²) >= 11 is 0. The van der Waals surface area contributed by atoms with E-state index in [-0.39, 0.29) is 11.6 Å². The van der Waals surface area contributed by atoms with Crippen molar-refractivity contribution in [1.29, 1.82) is 0 Å². The van der Waals surface area contributed by atoms with Crippen LogP contribution < -0.4 is 10.5 Å². The molecule has 1 aliphatic heterocycles. The summed E-state index contributed by atoms with van der Waals surface area (Å²) in [4.78, 5) is 28.7. The van der Waals surface area contributed by atoms with Crippen LogP contribution in [0.2, 0.25) is 0 Å². The molecule has 32 heavy (non-hydrogen) atoms. The van der Waals surface area contributed by atoms with Gasteiger partial charge in [-0.25, -0.2) is 9.97 Å². The summed E-state index contributed by atoms with van der Waals surface area (Å²) in [7, 11) is 1.77. The second-order valence-electron chi connectivity index (χ2n) is 8.32. The smallest absolute Gasteiger partial charge is 0.253 e. The van der Waals surface area contributed by atoms with Crippen LogP contribution >= 0.6 is 0 Å². The van der Waals surface area contributed by atoms with E-state index in [0.29, 0.717) is 25.3 Å². The highest BCUT2D eigenvalue weighted by atomic mass is 16.5. The Balaban J connectivity index is 1.69. The zero-order valence-corrected chi connectivity index (χ0v) is 18.5. The average Bonchev–Trinajstić information content (AvgIpc) is 3.16. The first-order chi connectivity index (χ1) is 15.5. The molecule has 4 aromatic rings. The van der Waals surface area contributed by atoms with Gasteiger partial charge in [0.05, 0.1) is 43.2 Å². The van der Waals surface area contributed by atoms with E-state index >= 15 is 0 Å². The number of aromatic nitrogens is 5. The molecular weight excluding hydrogens is 404 g/mol. The van der Waals surface area contributed by atoms with Gasteiger partial charge in [-0.3, -0.25) is 9.78 Å². The Morgan fingerprint density at radius 2 is 2.09 bits per heavy atom. The summed E-state index contributed by atoms with van der Waals surface area (Å²) in [6.07, 6.45) is 5.47. The van der Waals surface area contributed by atoms with Crippen LogP contribution in [0.4, 0.5) is 5.82 Å². The van der Waals surface area contributed by atoms with E-state index < -0.39 is 0 Å². The SMILES string of the molecule is Cc1cc(-c2nc3cnc(N4CCOCC4C)cc3n2Cc2ccccn2)cn(C)c1=O. The van der Waals surface area contributed by atoms with Gasteiger partial charge in [-0.05, 0) is 32.0 Å². The van der Waals surface area contributed by atoms with Crippen LogP contribution in [-0.4, -0.2) is 49.9 Å². The van der Waals surface area contributed by atoms with Crippen molar-refractivity contribution in [2.45, 2.75) is 26.4 Å². The lowest BCUT2D eigenvalue weighted by atomic mass is 10.2. The lowest BCUT2D eigenvalue weighted by Gasteiger charge is -2.34. The van der Waals surface area contributed by atoms with E-state index in [1.54, 1.807) is 17.8 Å². The minimum Gasteiger partial charge on any atom is -0.377 e. The van der Waals surface area contributed by atoms with Crippen molar-refractivity contribution >= 4 is 16.9 Å². The lowest BCUT2D eigenvalue weighted by molar-refractivity contribution is 0.0985. The maximum absolute atomic E-state index is 12.3. The van der Waals surface area contributed by atoms with Crippen LogP contribution in [0.25, 0.3) is 22.4 Å². The molecule has 1 saturated heterocycles. The van der Waals surface area contributed by atoms with Crippen LogP contribution in [-0.2, 0) is 18.3 Å². The first-order valence-electron chi connectivity index (χ1n) is 10.8. The Morgan fingerprint density at radius 1 is 1.22 bits per heavy atom. The Morgan fingerprint density at radius 3 is 2.84 bits per heavy atom. The zero-order chi connectivity index (χ0) is 22.2. The summed E-state index contributed by atoms with van der Waals surface area (Å²) in [5, 5.41) is 0. The van der Waals surface area contributed by atoms with Gasteiger partial charge in [0.1, 0.15) is 17.2 Å². The van der Waals surface area contributed by atoms with E-state index in [1.807, 2.05) is 43.6 Å². The molecule has 1 atom stereocenters. The number of anilines is 1. The van der Waals surface area contributed by atoms with Crippen molar-refractivity contribution in [3.8, 4) is 11.4 Å². The predicted octanol–water partition coefficient (Wildman–Crippen LogP) is 2.77. The number of pyridine rings is 3. The molecule has 8 heteroatoms. The molecular formula is C24H26N6O2. The zero-order valence-electron chi connectivity index (χ0n) is 18.5. The van der Waals surface area contributed by atoms with Crippen molar-refractivity contribution < 1.29 is 4.74 Å². The van der Waals surface area contributed by atoms with Crippen LogP contribution in [0.3, 0.4) is 0 Å². The number of hydrogen-bond donors (Lipinski definition) is 0. The molecule has 1 aliphatic rings. The molecule has 5 rings (SSSR count). The molecule has 8 nitrogen and oxygen atoms in total. The topological polar surface area (TPSA) is 78.1 Å². The molecule has 0 aliphatic carbocycles. The Kier molecular flexibility index (Phi) is 5.22. The highest BCUT2D eigenvalue weighted by Gasteiger charge is 2.22. The fourth-order valence-electron chi connectivity index (χ4n) is 4.28. The van der Waals surface area contributed by atoms with Gasteiger partial charge in [0, 0.05) is 43.2 Å². The first-order valence-corrected chi connectivity index (χ1v) is 10.8. The number of rotatable bonds is 4. The van der Waals surface area contributed by atoms with Gasteiger partial charge in [0.15, 0.2) is 0 Å². The van der Waals surface area contributed by atoms with Gasteiger partial charge in [0.2, 0.25) is 0 Å². The third-order valence-corrected chi connectivity index (χ3v) is 5.95. The van der Waals surface area contributed by atoms with Crippen LogP contribution in [0.15, 0.2) is 53.7 Å². The summed E-state index contributed by atoms with van der Waals surface area (Å²) < 4.78 is 9.36. The maximum atomic E-state index is 12.3. The molecule has 0 radical (unpaired) electrons. The molecule has 0 spiro atoms. The lowest BCUT2D eigenvalue weighted by Crippen LogP contribution is -2.44. The number of nitrogens with zero attached hydrogens (tertiary/aromatic N) is 6. The predicted molar refractivity (Wildman–Crippen MR) is 124 cm³/mol. The van der Waals surface area contributed by atoms with Gasteiger partial charge in [-0.15, -0.1) is 0 Å². The van der Waals surface area contributed by atoms with E-state index in [9.17, 15) is 4.79 Å². The molecule has 0 amide bonds. The monoisotopic (exact) mass is 430 g/mol. The number of fused-ring (bicyclic) bond motifs is 1. The first kappa shape index (κ1) is 20.4. The largest absolute Gasteiger partial charge is 0.377 e. The van der Waals surface area contributed by atoms with E-state index in [2.05, 4.69) is 27.4 Å². The normalized spacial score (nSPS) is 16.6. The Hall–Kier alpha value is -3.52. The number of hydrogen-bond acceptors (Lipinski definition) is 6. The Labute approximate surface area is 186 Å². The number of morpholine rings is 1. The summed E-state index contributed by atoms with van der Waals surface area (Å²) in [6.45, 7) is 6.73. The van der Waals surface area contributed by atoms with Gasteiger partial charge in [-0.1, -0.05) is 6.07 Å². The fourth-order valence-corrected chi connectivity index (χ4v) is 4.28.